The predicted molar refractivity (Wildman–Crippen MR) is 166 cm³/mol. The number of aliphatic hydroxyl groups excluding tert-OH is 2. The van der Waals surface area contributed by atoms with Crippen molar-refractivity contribution in [3.63, 3.8) is 0 Å². The van der Waals surface area contributed by atoms with Gasteiger partial charge in [-0.15, -0.1) is 0 Å². The van der Waals surface area contributed by atoms with Gasteiger partial charge in [0.25, 0.3) is 5.91 Å². The van der Waals surface area contributed by atoms with E-state index in [-0.39, 0.29) is 41.7 Å². The number of rotatable bonds is 9. The molecule has 43 heavy (non-hydrogen) atoms. The molecule has 0 bridgehead atoms. The zero-order valence-electron chi connectivity index (χ0n) is 25.1. The number of carbonyl (C=O) groups excluding carboxylic acids is 1. The van der Waals surface area contributed by atoms with Crippen LogP contribution in [0, 0.1) is 12.7 Å². The highest BCUT2D eigenvalue weighted by molar-refractivity contribution is 6.32. The second-order valence-corrected chi connectivity index (χ2v) is 12.2. The van der Waals surface area contributed by atoms with Crippen LogP contribution in [0.1, 0.15) is 54.2 Å². The van der Waals surface area contributed by atoms with Crippen LogP contribution < -0.4 is 20.9 Å². The van der Waals surface area contributed by atoms with E-state index >= 15 is 0 Å². The number of likely N-dealkylation sites (tertiary alicyclic amines) is 1. The van der Waals surface area contributed by atoms with Gasteiger partial charge in [-0.25, -0.2) is 14.4 Å². The smallest absolute Gasteiger partial charge is 0.273 e. The Bertz CT molecular complexity index is 1290. The summed E-state index contributed by atoms with van der Waals surface area (Å²) < 4.78 is 14.5. The average molecular weight is 619 g/mol. The summed E-state index contributed by atoms with van der Waals surface area (Å²) in [7, 11) is 0. The maximum atomic E-state index is 14.5. The summed E-state index contributed by atoms with van der Waals surface area (Å²) in [6.45, 7) is 10.3. The first-order valence-corrected chi connectivity index (χ1v) is 15.7. The number of aromatic nitrogens is 2. The van der Waals surface area contributed by atoms with E-state index in [1.807, 2.05) is 13.0 Å². The van der Waals surface area contributed by atoms with Crippen molar-refractivity contribution in [2.45, 2.75) is 64.3 Å². The molecule has 2 atom stereocenters. The van der Waals surface area contributed by atoms with Gasteiger partial charge in [-0.3, -0.25) is 14.6 Å². The van der Waals surface area contributed by atoms with Crippen LogP contribution in [0.5, 0.6) is 0 Å². The average Bonchev–Trinajstić information content (AvgIpc) is 3.44. The number of hydrogen-bond acceptors (Lipinski definition) is 10. The molecule has 5 rings (SSSR count). The summed E-state index contributed by atoms with van der Waals surface area (Å²) in [6.07, 6.45) is 3.44. The Morgan fingerprint density at radius 3 is 2.56 bits per heavy atom. The van der Waals surface area contributed by atoms with E-state index in [0.29, 0.717) is 36.4 Å². The number of nitrogen functional groups attached to an aromatic ring is 1. The summed E-state index contributed by atoms with van der Waals surface area (Å²) in [6, 6.07) is 4.26. The van der Waals surface area contributed by atoms with Crippen molar-refractivity contribution in [3.05, 3.63) is 39.9 Å². The molecule has 3 saturated heterocycles. The van der Waals surface area contributed by atoms with Gasteiger partial charge in [-0.1, -0.05) is 24.6 Å². The summed E-state index contributed by atoms with van der Waals surface area (Å²) >= 11 is 6.49. The zero-order valence-corrected chi connectivity index (χ0v) is 25.9. The second-order valence-electron chi connectivity index (χ2n) is 11.9. The standard InChI is InChI=1S/C30H44ClFN8O3/c1-3-21-17-39(29-27(31)35-25(28(33)36-29)30(43)34-9-15-41)13-14-40(21)22-6-10-37(11-7-22)16-20-4-5-24(32)19(2)26(20)38-12-8-23(42)18-38/h4-5,21-23,41-42H,3,6-18H2,1-2H3,(H2,33,36)(H,34,43)/t21-,23-/m0/s1. The second kappa shape index (κ2) is 13.9. The van der Waals surface area contributed by atoms with Crippen molar-refractivity contribution >= 4 is 34.8 Å². The third-order valence-corrected chi connectivity index (χ3v) is 9.38. The number of piperazine rings is 1. The van der Waals surface area contributed by atoms with Gasteiger partial charge in [0.15, 0.2) is 22.5 Å². The minimum Gasteiger partial charge on any atom is -0.395 e. The molecule has 5 N–H and O–H groups in total. The zero-order chi connectivity index (χ0) is 30.7. The molecule has 3 aliphatic heterocycles. The number of hydrogen-bond donors (Lipinski definition) is 4. The Labute approximate surface area is 257 Å². The van der Waals surface area contributed by atoms with Crippen molar-refractivity contribution in [2.24, 2.45) is 0 Å². The Morgan fingerprint density at radius 2 is 1.88 bits per heavy atom. The van der Waals surface area contributed by atoms with Gasteiger partial charge in [-0.05, 0) is 57.3 Å². The SMILES string of the molecule is CC[C@H]1CN(c2nc(N)c(C(=O)NCCO)nc2Cl)CCN1C1CCN(Cc2ccc(F)c(C)c2N2CC[C@H](O)C2)CC1. The topological polar surface area (TPSA) is 134 Å². The quantitative estimate of drug-likeness (QED) is 0.331. The molecule has 236 valence electrons. The first-order valence-electron chi connectivity index (χ1n) is 15.4. The lowest BCUT2D eigenvalue weighted by Gasteiger charge is -2.47. The normalized spacial score (nSPS) is 22.4. The predicted octanol–water partition coefficient (Wildman–Crippen LogP) is 2.02. The molecule has 11 nitrogen and oxygen atoms in total. The van der Waals surface area contributed by atoms with Crippen LogP contribution >= 0.6 is 11.6 Å². The molecule has 1 aromatic carbocycles. The number of aliphatic hydroxyl groups is 2. The van der Waals surface area contributed by atoms with Gasteiger partial charge < -0.3 is 31.1 Å². The molecule has 2 aromatic rings. The molecule has 0 saturated carbocycles. The molecule has 1 amide bonds. The van der Waals surface area contributed by atoms with Crippen LogP contribution in [0.4, 0.5) is 21.7 Å². The highest BCUT2D eigenvalue weighted by Gasteiger charge is 2.35. The Balaban J connectivity index is 1.20. The molecule has 3 aliphatic rings. The Hall–Kier alpha value is -2.77. The fraction of sp³-hybridized carbons (Fsp3) is 0.633. The lowest BCUT2D eigenvalue weighted by molar-refractivity contribution is 0.0610. The maximum absolute atomic E-state index is 14.5. The fourth-order valence-electron chi connectivity index (χ4n) is 6.84. The number of nitrogens with two attached hydrogens (primary N) is 1. The molecule has 0 radical (unpaired) electrons. The molecule has 0 unspecified atom stereocenters. The molecule has 0 aliphatic carbocycles. The minimum atomic E-state index is -0.518. The summed E-state index contributed by atoms with van der Waals surface area (Å²) in [5.41, 5.74) is 8.78. The maximum Gasteiger partial charge on any atom is 0.273 e. The number of nitrogens with zero attached hydrogens (tertiary/aromatic N) is 6. The fourth-order valence-corrected chi connectivity index (χ4v) is 7.09. The van der Waals surface area contributed by atoms with E-state index < -0.39 is 5.91 Å². The van der Waals surface area contributed by atoms with Gasteiger partial charge >= 0.3 is 0 Å². The number of β-amino-alcohol motifs (C(OH)–C–C–N with tert-alkyl or cyclic N) is 1. The van der Waals surface area contributed by atoms with E-state index in [0.717, 1.165) is 76.3 Å². The molecular weight excluding hydrogens is 575 g/mol. The number of nitrogens with one attached hydrogen (secondary N) is 1. The van der Waals surface area contributed by atoms with Crippen molar-refractivity contribution < 1.29 is 19.4 Å². The van der Waals surface area contributed by atoms with Crippen molar-refractivity contribution in [3.8, 4) is 0 Å². The first kappa shape index (κ1) is 31.6. The van der Waals surface area contributed by atoms with Crippen LogP contribution in [0.3, 0.4) is 0 Å². The van der Waals surface area contributed by atoms with Crippen LogP contribution in [-0.2, 0) is 6.54 Å². The third-order valence-electron chi connectivity index (χ3n) is 9.12. The monoisotopic (exact) mass is 618 g/mol. The van der Waals surface area contributed by atoms with Crippen molar-refractivity contribution in [1.82, 2.24) is 25.1 Å². The van der Waals surface area contributed by atoms with Gasteiger partial charge in [0, 0.05) is 69.1 Å². The molecular formula is C30H44ClFN8O3. The third kappa shape index (κ3) is 6.99. The number of anilines is 3. The van der Waals surface area contributed by atoms with Crippen LogP contribution in [0.25, 0.3) is 0 Å². The van der Waals surface area contributed by atoms with Gasteiger partial charge in [-0.2, -0.15) is 0 Å². The minimum absolute atomic E-state index is 0.0121. The first-order chi connectivity index (χ1) is 20.7. The van der Waals surface area contributed by atoms with E-state index in [1.165, 1.54) is 0 Å². The van der Waals surface area contributed by atoms with Gasteiger partial charge in [0.05, 0.1) is 12.7 Å². The number of carbonyl (C=O) groups is 1. The largest absolute Gasteiger partial charge is 0.395 e. The summed E-state index contributed by atoms with van der Waals surface area (Å²) in [5, 5.41) is 21.7. The van der Waals surface area contributed by atoms with E-state index in [4.69, 9.17) is 22.4 Å². The molecule has 4 heterocycles. The highest BCUT2D eigenvalue weighted by Crippen LogP contribution is 2.33. The van der Waals surface area contributed by atoms with E-state index in [9.17, 15) is 14.3 Å². The number of amides is 1. The van der Waals surface area contributed by atoms with Crippen LogP contribution in [-0.4, -0.2) is 113 Å². The Morgan fingerprint density at radius 1 is 1.12 bits per heavy atom. The highest BCUT2D eigenvalue weighted by atomic mass is 35.5. The lowest BCUT2D eigenvalue weighted by Crippen LogP contribution is -2.58. The van der Waals surface area contributed by atoms with Crippen LogP contribution in [0.2, 0.25) is 5.15 Å². The molecule has 3 fully saturated rings. The van der Waals surface area contributed by atoms with Gasteiger partial charge in [0.1, 0.15) is 5.82 Å². The van der Waals surface area contributed by atoms with Crippen molar-refractivity contribution in [2.75, 3.05) is 74.5 Å². The Kier molecular flexibility index (Phi) is 10.2. The van der Waals surface area contributed by atoms with Crippen molar-refractivity contribution in [1.29, 1.82) is 0 Å². The van der Waals surface area contributed by atoms with E-state index in [1.54, 1.807) is 6.07 Å². The molecule has 13 heteroatoms. The summed E-state index contributed by atoms with van der Waals surface area (Å²) in [5.74, 6) is -0.214. The van der Waals surface area contributed by atoms with Gasteiger partial charge in [0.2, 0.25) is 0 Å². The molecule has 0 spiro atoms. The lowest BCUT2D eigenvalue weighted by atomic mass is 9.97. The molecule has 1 aromatic heterocycles. The summed E-state index contributed by atoms with van der Waals surface area (Å²) in [4.78, 5) is 30.3. The number of piperidine rings is 1. The number of benzene rings is 1. The number of halogens is 2. The van der Waals surface area contributed by atoms with Crippen LogP contribution in [0.15, 0.2) is 12.1 Å². The van der Waals surface area contributed by atoms with E-state index in [2.05, 4.69) is 41.8 Å².